The smallest absolute Gasteiger partial charge is 0.00156 e. The first-order valence-electron chi connectivity index (χ1n) is 8.94. The van der Waals surface area contributed by atoms with Crippen molar-refractivity contribution in [1.82, 2.24) is 5.32 Å². The van der Waals surface area contributed by atoms with Crippen LogP contribution in [0.25, 0.3) is 0 Å². The van der Waals surface area contributed by atoms with E-state index in [-0.39, 0.29) is 0 Å². The van der Waals surface area contributed by atoms with E-state index >= 15 is 0 Å². The Morgan fingerprint density at radius 2 is 1.47 bits per heavy atom. The molecule has 1 nitrogen and oxygen atoms in total. The average molecular weight is 261 g/mol. The van der Waals surface area contributed by atoms with Crippen molar-refractivity contribution in [1.29, 1.82) is 0 Å². The third-order valence-electron chi connectivity index (χ3n) is 7.27. The highest BCUT2D eigenvalue weighted by molar-refractivity contribution is 5.05. The van der Waals surface area contributed by atoms with Crippen LogP contribution >= 0.6 is 0 Å². The largest absolute Gasteiger partial charge is 0.319 e. The highest BCUT2D eigenvalue weighted by Gasteiger charge is 2.55. The molecule has 108 valence electrons. The molecule has 5 fully saturated rings. The topological polar surface area (TPSA) is 12.0 Å². The van der Waals surface area contributed by atoms with Gasteiger partial charge in [-0.1, -0.05) is 25.7 Å². The van der Waals surface area contributed by atoms with Crippen molar-refractivity contribution >= 4 is 0 Å². The van der Waals surface area contributed by atoms with Crippen molar-refractivity contribution in [2.45, 2.75) is 64.2 Å². The minimum Gasteiger partial charge on any atom is -0.319 e. The van der Waals surface area contributed by atoms with Crippen LogP contribution in [0.4, 0.5) is 0 Å². The Bertz CT molecular complexity index is 293. The lowest BCUT2D eigenvalue weighted by atomic mass is 9.45. The summed E-state index contributed by atoms with van der Waals surface area (Å²) in [6, 6.07) is 0. The molecule has 0 aromatic rings. The van der Waals surface area contributed by atoms with Gasteiger partial charge in [0.1, 0.15) is 0 Å². The van der Waals surface area contributed by atoms with Gasteiger partial charge < -0.3 is 5.32 Å². The molecule has 1 heteroatoms. The number of hydrogen-bond donors (Lipinski definition) is 1. The predicted molar refractivity (Wildman–Crippen MR) is 80.0 cm³/mol. The van der Waals surface area contributed by atoms with Crippen LogP contribution in [0.5, 0.6) is 0 Å². The summed E-state index contributed by atoms with van der Waals surface area (Å²) in [6.07, 6.45) is 15.7. The fourth-order valence-electron chi connectivity index (χ4n) is 7.09. The molecule has 0 aliphatic heterocycles. The molecule has 0 saturated heterocycles. The lowest BCUT2D eigenvalue weighted by Crippen LogP contribution is -2.53. The molecule has 1 unspecified atom stereocenters. The summed E-state index contributed by atoms with van der Waals surface area (Å²) in [4.78, 5) is 0. The molecule has 0 aromatic heterocycles. The zero-order valence-electron chi connectivity index (χ0n) is 12.7. The summed E-state index contributed by atoms with van der Waals surface area (Å²) in [6.45, 7) is 1.30. The maximum absolute atomic E-state index is 3.57. The zero-order chi connectivity index (χ0) is 12.9. The van der Waals surface area contributed by atoms with E-state index in [1.54, 1.807) is 38.5 Å². The van der Waals surface area contributed by atoms with E-state index in [9.17, 15) is 0 Å². The molecular formula is C18H31N. The second-order valence-electron chi connectivity index (χ2n) is 8.49. The van der Waals surface area contributed by atoms with Gasteiger partial charge in [0.2, 0.25) is 0 Å². The lowest BCUT2D eigenvalue weighted by Gasteiger charge is -2.60. The predicted octanol–water partition coefficient (Wildman–Crippen LogP) is 4.23. The summed E-state index contributed by atoms with van der Waals surface area (Å²) in [5.74, 6) is 5.42. The molecule has 0 heterocycles. The SMILES string of the molecule is CNCC(C1CCCC1)C12CC3CC(CC(C3)C1)C2. The van der Waals surface area contributed by atoms with Gasteiger partial charge in [0.05, 0.1) is 0 Å². The molecular weight excluding hydrogens is 230 g/mol. The monoisotopic (exact) mass is 261 g/mol. The van der Waals surface area contributed by atoms with Crippen molar-refractivity contribution in [2.75, 3.05) is 13.6 Å². The Kier molecular flexibility index (Phi) is 3.17. The van der Waals surface area contributed by atoms with E-state index in [0.717, 1.165) is 35.0 Å². The highest BCUT2D eigenvalue weighted by atomic mass is 14.8. The van der Waals surface area contributed by atoms with Gasteiger partial charge in [0.25, 0.3) is 0 Å². The first-order valence-corrected chi connectivity index (χ1v) is 8.94. The Morgan fingerprint density at radius 3 is 1.95 bits per heavy atom. The third-order valence-corrected chi connectivity index (χ3v) is 7.27. The van der Waals surface area contributed by atoms with E-state index < -0.39 is 0 Å². The van der Waals surface area contributed by atoms with E-state index in [4.69, 9.17) is 0 Å². The molecule has 19 heavy (non-hydrogen) atoms. The quantitative estimate of drug-likeness (QED) is 0.798. The molecule has 0 spiro atoms. The van der Waals surface area contributed by atoms with Crippen molar-refractivity contribution in [3.8, 4) is 0 Å². The van der Waals surface area contributed by atoms with E-state index in [1.807, 2.05) is 0 Å². The number of hydrogen-bond acceptors (Lipinski definition) is 1. The summed E-state index contributed by atoms with van der Waals surface area (Å²) in [5.41, 5.74) is 0.771. The van der Waals surface area contributed by atoms with Gasteiger partial charge in [-0.05, 0) is 87.1 Å². The normalized spacial score (nSPS) is 46.9. The minimum atomic E-state index is 0.771. The summed E-state index contributed by atoms with van der Waals surface area (Å²) >= 11 is 0. The van der Waals surface area contributed by atoms with Gasteiger partial charge in [-0.25, -0.2) is 0 Å². The molecule has 4 bridgehead atoms. The molecule has 5 rings (SSSR count). The molecule has 0 amide bonds. The summed E-state index contributed by atoms with van der Waals surface area (Å²) < 4.78 is 0. The van der Waals surface area contributed by atoms with Crippen molar-refractivity contribution in [2.24, 2.45) is 35.0 Å². The van der Waals surface area contributed by atoms with Gasteiger partial charge in [-0.2, -0.15) is 0 Å². The van der Waals surface area contributed by atoms with Crippen LogP contribution in [0.15, 0.2) is 0 Å². The molecule has 1 atom stereocenters. The van der Waals surface area contributed by atoms with Gasteiger partial charge in [0, 0.05) is 0 Å². The van der Waals surface area contributed by atoms with Crippen LogP contribution in [0.2, 0.25) is 0 Å². The van der Waals surface area contributed by atoms with E-state index in [1.165, 1.54) is 32.2 Å². The van der Waals surface area contributed by atoms with Gasteiger partial charge in [-0.15, -0.1) is 0 Å². The number of nitrogens with one attached hydrogen (secondary N) is 1. The second-order valence-corrected chi connectivity index (χ2v) is 8.49. The lowest BCUT2D eigenvalue weighted by molar-refractivity contribution is -0.0997. The molecule has 0 radical (unpaired) electrons. The van der Waals surface area contributed by atoms with E-state index in [2.05, 4.69) is 12.4 Å². The molecule has 5 saturated carbocycles. The van der Waals surface area contributed by atoms with Crippen molar-refractivity contribution in [3.63, 3.8) is 0 Å². The highest BCUT2D eigenvalue weighted by Crippen LogP contribution is 2.64. The van der Waals surface area contributed by atoms with Crippen LogP contribution in [-0.4, -0.2) is 13.6 Å². The first-order chi connectivity index (χ1) is 9.29. The summed E-state index contributed by atoms with van der Waals surface area (Å²) in [7, 11) is 2.18. The Balaban J connectivity index is 1.60. The molecule has 5 aliphatic rings. The van der Waals surface area contributed by atoms with Gasteiger partial charge in [0.15, 0.2) is 0 Å². The van der Waals surface area contributed by atoms with Crippen LogP contribution in [-0.2, 0) is 0 Å². The zero-order valence-corrected chi connectivity index (χ0v) is 12.7. The Morgan fingerprint density at radius 1 is 0.947 bits per heavy atom. The fourth-order valence-corrected chi connectivity index (χ4v) is 7.09. The number of rotatable bonds is 4. The summed E-state index contributed by atoms with van der Waals surface area (Å²) in [5, 5.41) is 3.57. The van der Waals surface area contributed by atoms with Crippen molar-refractivity contribution in [3.05, 3.63) is 0 Å². The maximum atomic E-state index is 3.57. The second kappa shape index (κ2) is 4.76. The Hall–Kier alpha value is -0.0400. The molecule has 0 aromatic carbocycles. The fraction of sp³-hybridized carbons (Fsp3) is 1.00. The maximum Gasteiger partial charge on any atom is -0.00156 e. The van der Waals surface area contributed by atoms with Gasteiger partial charge >= 0.3 is 0 Å². The minimum absolute atomic E-state index is 0.771. The average Bonchev–Trinajstić information content (AvgIpc) is 2.87. The van der Waals surface area contributed by atoms with Crippen molar-refractivity contribution < 1.29 is 0 Å². The standard InChI is InChI=1S/C18H31N/c1-19-12-17(16-4-2-3-5-16)18-9-13-6-14(10-18)8-15(7-13)11-18/h13-17,19H,2-12H2,1H3. The van der Waals surface area contributed by atoms with E-state index in [0.29, 0.717) is 0 Å². The van der Waals surface area contributed by atoms with Crippen LogP contribution in [0.3, 0.4) is 0 Å². The van der Waals surface area contributed by atoms with Crippen LogP contribution in [0, 0.1) is 35.0 Å². The Labute approximate surface area is 118 Å². The van der Waals surface area contributed by atoms with Gasteiger partial charge in [-0.3, -0.25) is 0 Å². The van der Waals surface area contributed by atoms with Crippen LogP contribution in [0.1, 0.15) is 64.2 Å². The molecule has 5 aliphatic carbocycles. The molecule has 1 N–H and O–H groups in total. The third kappa shape index (κ3) is 2.07. The first kappa shape index (κ1) is 12.7. The van der Waals surface area contributed by atoms with Crippen LogP contribution < -0.4 is 5.32 Å².